The van der Waals surface area contributed by atoms with Crippen molar-refractivity contribution in [3.8, 4) is 0 Å². The molecule has 0 aromatic heterocycles. The topological polar surface area (TPSA) is 52.6 Å². The van der Waals surface area contributed by atoms with Crippen molar-refractivity contribution in [1.82, 2.24) is 0 Å². The van der Waals surface area contributed by atoms with E-state index < -0.39 is 29.1 Å². The number of benzene rings is 1. The fraction of sp³-hybridized carbons (Fsp3) is 0.529. The van der Waals surface area contributed by atoms with Gasteiger partial charge in [-0.25, -0.2) is 0 Å². The molecular formula is C17H23BrO4. The summed E-state index contributed by atoms with van der Waals surface area (Å²) >= 11 is 3.34. The standard InChI is InChI=1S/C17H23BrO4/c1-16(2,3)14(19)21-13(22-15(20)17(4,5)6)11-7-9-12(18)10-8-11/h7-10,13H,1-6H3. The molecule has 1 aromatic carbocycles. The monoisotopic (exact) mass is 370 g/mol. The maximum atomic E-state index is 12.1. The average molecular weight is 371 g/mol. The predicted octanol–water partition coefficient (Wildman–Crippen LogP) is 4.63. The van der Waals surface area contributed by atoms with Crippen LogP contribution in [0.3, 0.4) is 0 Å². The van der Waals surface area contributed by atoms with Crippen molar-refractivity contribution in [3.63, 3.8) is 0 Å². The molecule has 22 heavy (non-hydrogen) atoms. The molecule has 1 aromatic rings. The third-order valence-corrected chi connectivity index (χ3v) is 3.32. The quantitative estimate of drug-likeness (QED) is 0.574. The van der Waals surface area contributed by atoms with Gasteiger partial charge in [-0.2, -0.15) is 0 Å². The van der Waals surface area contributed by atoms with E-state index in [1.54, 1.807) is 65.8 Å². The van der Waals surface area contributed by atoms with Crippen LogP contribution in [-0.4, -0.2) is 11.9 Å². The van der Waals surface area contributed by atoms with Gasteiger partial charge in [0.05, 0.1) is 10.8 Å². The van der Waals surface area contributed by atoms with E-state index in [9.17, 15) is 9.59 Å². The summed E-state index contributed by atoms with van der Waals surface area (Å²) in [5.74, 6) is -0.857. The van der Waals surface area contributed by atoms with Crippen LogP contribution >= 0.6 is 15.9 Å². The molecule has 0 aliphatic rings. The highest BCUT2D eigenvalue weighted by molar-refractivity contribution is 9.10. The van der Waals surface area contributed by atoms with Crippen molar-refractivity contribution >= 4 is 27.9 Å². The summed E-state index contributed by atoms with van der Waals surface area (Å²) in [7, 11) is 0. The fourth-order valence-electron chi connectivity index (χ4n) is 1.33. The van der Waals surface area contributed by atoms with Gasteiger partial charge in [0.1, 0.15) is 0 Å². The molecule has 0 bridgehead atoms. The van der Waals surface area contributed by atoms with Crippen molar-refractivity contribution in [2.45, 2.75) is 47.8 Å². The fourth-order valence-corrected chi connectivity index (χ4v) is 1.59. The van der Waals surface area contributed by atoms with Gasteiger partial charge in [0, 0.05) is 10.0 Å². The first-order valence-electron chi connectivity index (χ1n) is 7.09. The Morgan fingerprint density at radius 1 is 0.864 bits per heavy atom. The maximum absolute atomic E-state index is 12.1. The van der Waals surface area contributed by atoms with Gasteiger partial charge < -0.3 is 9.47 Å². The zero-order valence-corrected chi connectivity index (χ0v) is 15.5. The molecule has 122 valence electrons. The lowest BCUT2D eigenvalue weighted by Crippen LogP contribution is -2.30. The van der Waals surface area contributed by atoms with E-state index in [1.807, 2.05) is 0 Å². The van der Waals surface area contributed by atoms with Crippen LogP contribution in [0, 0.1) is 10.8 Å². The normalized spacial score (nSPS) is 12.2. The van der Waals surface area contributed by atoms with Crippen molar-refractivity contribution in [2.75, 3.05) is 0 Å². The molecule has 0 N–H and O–H groups in total. The van der Waals surface area contributed by atoms with Gasteiger partial charge >= 0.3 is 11.9 Å². The summed E-state index contributed by atoms with van der Waals surface area (Å²) in [5.41, 5.74) is -0.748. The molecule has 0 unspecified atom stereocenters. The summed E-state index contributed by atoms with van der Waals surface area (Å²) in [4.78, 5) is 24.2. The summed E-state index contributed by atoms with van der Waals surface area (Å²) in [6.07, 6.45) is -1.05. The van der Waals surface area contributed by atoms with Gasteiger partial charge in [0.2, 0.25) is 0 Å². The largest absolute Gasteiger partial charge is 0.420 e. The molecule has 1 rings (SSSR count). The van der Waals surface area contributed by atoms with E-state index in [4.69, 9.17) is 9.47 Å². The van der Waals surface area contributed by atoms with Gasteiger partial charge in [-0.15, -0.1) is 0 Å². The Morgan fingerprint density at radius 3 is 1.55 bits per heavy atom. The lowest BCUT2D eigenvalue weighted by Gasteiger charge is -2.26. The van der Waals surface area contributed by atoms with Gasteiger partial charge in [-0.1, -0.05) is 28.1 Å². The average Bonchev–Trinajstić information content (AvgIpc) is 2.36. The number of hydrogen-bond donors (Lipinski definition) is 0. The second-order valence-electron chi connectivity index (χ2n) is 7.19. The minimum atomic E-state index is -1.05. The first-order valence-corrected chi connectivity index (χ1v) is 7.88. The van der Waals surface area contributed by atoms with Gasteiger partial charge in [-0.05, 0) is 53.7 Å². The minimum absolute atomic E-state index is 0.429. The van der Waals surface area contributed by atoms with E-state index in [1.165, 1.54) is 0 Å². The Kier molecular flexibility index (Phi) is 5.79. The van der Waals surface area contributed by atoms with Crippen LogP contribution in [0.1, 0.15) is 53.4 Å². The molecule has 0 aliphatic carbocycles. The molecule has 0 radical (unpaired) electrons. The molecule has 4 nitrogen and oxygen atoms in total. The van der Waals surface area contributed by atoms with E-state index in [2.05, 4.69) is 15.9 Å². The van der Waals surface area contributed by atoms with Crippen LogP contribution in [0.2, 0.25) is 0 Å². The number of carbonyl (C=O) groups is 2. The number of ether oxygens (including phenoxy) is 2. The highest BCUT2D eigenvalue weighted by atomic mass is 79.9. The van der Waals surface area contributed by atoms with Crippen LogP contribution in [0.4, 0.5) is 0 Å². The Labute approximate surface area is 140 Å². The Morgan fingerprint density at radius 2 is 1.23 bits per heavy atom. The van der Waals surface area contributed by atoms with Crippen LogP contribution in [0.5, 0.6) is 0 Å². The van der Waals surface area contributed by atoms with Crippen molar-refractivity contribution in [2.24, 2.45) is 10.8 Å². The summed E-state index contributed by atoms with van der Waals surface area (Å²) in [6.45, 7) is 10.5. The zero-order valence-electron chi connectivity index (χ0n) is 13.9. The lowest BCUT2D eigenvalue weighted by atomic mass is 9.97. The van der Waals surface area contributed by atoms with Crippen LogP contribution in [-0.2, 0) is 19.1 Å². The number of rotatable bonds is 3. The lowest BCUT2D eigenvalue weighted by molar-refractivity contribution is -0.200. The number of hydrogen-bond acceptors (Lipinski definition) is 4. The van der Waals surface area contributed by atoms with E-state index in [-0.39, 0.29) is 0 Å². The van der Waals surface area contributed by atoms with Crippen molar-refractivity contribution < 1.29 is 19.1 Å². The third-order valence-electron chi connectivity index (χ3n) is 2.80. The maximum Gasteiger partial charge on any atom is 0.314 e. The molecule has 0 atom stereocenters. The predicted molar refractivity (Wildman–Crippen MR) is 88.0 cm³/mol. The highest BCUT2D eigenvalue weighted by Gasteiger charge is 2.32. The van der Waals surface area contributed by atoms with Gasteiger partial charge in [0.15, 0.2) is 0 Å². The molecular weight excluding hydrogens is 348 g/mol. The van der Waals surface area contributed by atoms with Gasteiger partial charge in [0.25, 0.3) is 6.29 Å². The Balaban J connectivity index is 3.02. The smallest absolute Gasteiger partial charge is 0.314 e. The van der Waals surface area contributed by atoms with E-state index in [0.717, 1.165) is 4.47 Å². The zero-order chi connectivity index (χ0) is 17.1. The molecule has 5 heteroatoms. The number of carbonyl (C=O) groups excluding carboxylic acids is 2. The van der Waals surface area contributed by atoms with E-state index in [0.29, 0.717) is 5.56 Å². The first-order chi connectivity index (χ1) is 9.91. The molecule has 0 spiro atoms. The Bertz CT molecular complexity index is 507. The molecule has 0 aliphatic heterocycles. The van der Waals surface area contributed by atoms with E-state index >= 15 is 0 Å². The third kappa shape index (κ3) is 5.44. The molecule has 0 saturated carbocycles. The minimum Gasteiger partial charge on any atom is -0.420 e. The Hall–Kier alpha value is -1.36. The number of halogens is 1. The summed E-state index contributed by atoms with van der Waals surface area (Å²) < 4.78 is 11.7. The van der Waals surface area contributed by atoms with Crippen molar-refractivity contribution in [3.05, 3.63) is 34.3 Å². The number of esters is 2. The second-order valence-corrected chi connectivity index (χ2v) is 8.11. The molecule has 0 heterocycles. The summed E-state index contributed by atoms with van der Waals surface area (Å²) in [5, 5.41) is 0. The highest BCUT2D eigenvalue weighted by Crippen LogP contribution is 2.28. The van der Waals surface area contributed by atoms with Crippen LogP contribution < -0.4 is 0 Å². The molecule has 0 fully saturated rings. The van der Waals surface area contributed by atoms with Crippen LogP contribution in [0.15, 0.2) is 28.7 Å². The molecule has 0 amide bonds. The molecule has 0 saturated heterocycles. The first kappa shape index (κ1) is 18.7. The SMILES string of the molecule is CC(C)(C)C(=O)OC(OC(=O)C(C)(C)C)c1ccc(Br)cc1. The second kappa shape index (κ2) is 6.82. The van der Waals surface area contributed by atoms with Crippen LogP contribution in [0.25, 0.3) is 0 Å². The van der Waals surface area contributed by atoms with Crippen molar-refractivity contribution in [1.29, 1.82) is 0 Å². The van der Waals surface area contributed by atoms with Gasteiger partial charge in [-0.3, -0.25) is 9.59 Å². The summed E-state index contributed by atoms with van der Waals surface area (Å²) in [6, 6.07) is 7.11.